The summed E-state index contributed by atoms with van der Waals surface area (Å²) >= 11 is 6.32. The lowest BCUT2D eigenvalue weighted by Gasteiger charge is -2.33. The molecule has 0 aromatic heterocycles. The van der Waals surface area contributed by atoms with Gasteiger partial charge in [0.25, 0.3) is 0 Å². The SMILES string of the molecule is N/C=C1/CC=NC(Cl)=CC1=NC(c1ccccc1)(c1ccccc1)c1ccccc1. The number of benzene rings is 3. The average molecular weight is 412 g/mol. The molecule has 0 spiro atoms. The molecule has 0 aliphatic carbocycles. The van der Waals surface area contributed by atoms with E-state index in [-0.39, 0.29) is 0 Å². The van der Waals surface area contributed by atoms with Crippen molar-refractivity contribution in [3.8, 4) is 0 Å². The first-order chi connectivity index (χ1) is 14.7. The Labute approximate surface area is 182 Å². The largest absolute Gasteiger partial charge is 0.404 e. The van der Waals surface area contributed by atoms with Crippen LogP contribution in [0.4, 0.5) is 0 Å². The van der Waals surface area contributed by atoms with E-state index in [1.165, 1.54) is 0 Å². The fourth-order valence-corrected chi connectivity index (χ4v) is 3.92. The molecule has 3 nitrogen and oxygen atoms in total. The molecule has 3 aromatic rings. The fourth-order valence-electron chi connectivity index (χ4n) is 3.75. The lowest BCUT2D eigenvalue weighted by Crippen LogP contribution is -2.29. The average Bonchev–Trinajstić information content (AvgIpc) is 2.99. The minimum atomic E-state index is -0.772. The van der Waals surface area contributed by atoms with Crippen molar-refractivity contribution in [2.75, 3.05) is 0 Å². The molecule has 0 saturated carbocycles. The fraction of sp³-hybridized carbons (Fsp3) is 0.0769. The summed E-state index contributed by atoms with van der Waals surface area (Å²) in [5.41, 5.74) is 9.96. The zero-order valence-corrected chi connectivity index (χ0v) is 17.2. The monoisotopic (exact) mass is 411 g/mol. The number of nitrogens with two attached hydrogens (primary N) is 1. The van der Waals surface area contributed by atoms with Gasteiger partial charge in [0.15, 0.2) is 0 Å². The zero-order chi connectivity index (χ0) is 20.8. The molecule has 148 valence electrons. The Kier molecular flexibility index (Phi) is 5.92. The number of halogens is 1. The van der Waals surface area contributed by atoms with E-state index >= 15 is 0 Å². The quantitative estimate of drug-likeness (QED) is 0.427. The van der Waals surface area contributed by atoms with Crippen LogP contribution in [0, 0.1) is 0 Å². The molecule has 0 atom stereocenters. The van der Waals surface area contributed by atoms with Crippen LogP contribution in [0.3, 0.4) is 0 Å². The van der Waals surface area contributed by atoms with Gasteiger partial charge in [0.1, 0.15) is 10.7 Å². The van der Waals surface area contributed by atoms with Crippen LogP contribution in [0.1, 0.15) is 23.1 Å². The third-order valence-electron chi connectivity index (χ3n) is 5.17. The maximum atomic E-state index is 6.32. The Morgan fingerprint density at radius 3 is 1.70 bits per heavy atom. The van der Waals surface area contributed by atoms with Gasteiger partial charge in [0.2, 0.25) is 0 Å². The summed E-state index contributed by atoms with van der Waals surface area (Å²) in [7, 11) is 0. The van der Waals surface area contributed by atoms with Gasteiger partial charge in [-0.2, -0.15) is 0 Å². The van der Waals surface area contributed by atoms with E-state index in [0.717, 1.165) is 28.0 Å². The minimum Gasteiger partial charge on any atom is -0.404 e. The lowest BCUT2D eigenvalue weighted by molar-refractivity contribution is 0.657. The van der Waals surface area contributed by atoms with Crippen LogP contribution in [0.15, 0.2) is 124 Å². The Morgan fingerprint density at radius 1 is 0.800 bits per heavy atom. The molecule has 1 aliphatic heterocycles. The van der Waals surface area contributed by atoms with Gasteiger partial charge in [-0.15, -0.1) is 0 Å². The molecular weight excluding hydrogens is 390 g/mol. The van der Waals surface area contributed by atoms with Crippen molar-refractivity contribution in [2.45, 2.75) is 12.0 Å². The molecule has 1 aliphatic rings. The van der Waals surface area contributed by atoms with Crippen LogP contribution in [-0.4, -0.2) is 11.9 Å². The summed E-state index contributed by atoms with van der Waals surface area (Å²) in [4.78, 5) is 9.61. The maximum Gasteiger partial charge on any atom is 0.136 e. The Bertz CT molecular complexity index is 1020. The van der Waals surface area contributed by atoms with Gasteiger partial charge < -0.3 is 5.73 Å². The highest BCUT2D eigenvalue weighted by Crippen LogP contribution is 2.41. The van der Waals surface area contributed by atoms with Crippen LogP contribution in [-0.2, 0) is 5.54 Å². The third-order valence-corrected chi connectivity index (χ3v) is 5.38. The lowest BCUT2D eigenvalue weighted by atomic mass is 9.77. The smallest absolute Gasteiger partial charge is 0.136 e. The van der Waals surface area contributed by atoms with Crippen molar-refractivity contribution >= 4 is 23.5 Å². The van der Waals surface area contributed by atoms with Gasteiger partial charge >= 0.3 is 0 Å². The number of hydrogen-bond acceptors (Lipinski definition) is 3. The first kappa shape index (κ1) is 19.9. The molecule has 4 heteroatoms. The topological polar surface area (TPSA) is 50.7 Å². The van der Waals surface area contributed by atoms with Crippen molar-refractivity contribution < 1.29 is 0 Å². The van der Waals surface area contributed by atoms with Gasteiger partial charge in [0, 0.05) is 18.7 Å². The minimum absolute atomic E-state index is 0.383. The Hall–Kier alpha value is -3.43. The second-order valence-corrected chi connectivity index (χ2v) is 7.37. The first-order valence-electron chi connectivity index (χ1n) is 9.81. The Balaban J connectivity index is 2.09. The van der Waals surface area contributed by atoms with Gasteiger partial charge in [-0.1, -0.05) is 103 Å². The molecule has 0 radical (unpaired) electrons. The summed E-state index contributed by atoms with van der Waals surface area (Å²) in [6.45, 7) is 0. The van der Waals surface area contributed by atoms with Crippen molar-refractivity contribution in [1.82, 2.24) is 0 Å². The summed E-state index contributed by atoms with van der Waals surface area (Å²) in [6.07, 6.45) is 5.70. The van der Waals surface area contributed by atoms with E-state index in [4.69, 9.17) is 22.3 Å². The normalized spacial score (nSPS) is 17.0. The van der Waals surface area contributed by atoms with Crippen LogP contribution < -0.4 is 5.73 Å². The third kappa shape index (κ3) is 3.85. The van der Waals surface area contributed by atoms with Crippen LogP contribution in [0.2, 0.25) is 0 Å². The standard InChI is InChI=1S/C26H22ClN3/c27-25-18-24(20(19-28)16-17-29-25)30-26(21-10-4-1-5-11-21,22-12-6-2-7-13-22)23-14-8-3-9-15-23/h1-15,17-19H,16,28H2/b20-19-,30-24?. The van der Waals surface area contributed by atoms with Crippen LogP contribution in [0.5, 0.6) is 0 Å². The molecular formula is C26H22ClN3. The molecule has 0 fully saturated rings. The van der Waals surface area contributed by atoms with E-state index in [2.05, 4.69) is 41.4 Å². The number of nitrogens with zero attached hydrogens (tertiary/aromatic N) is 2. The van der Waals surface area contributed by atoms with Crippen LogP contribution >= 0.6 is 11.6 Å². The van der Waals surface area contributed by atoms with E-state index in [1.54, 1.807) is 18.5 Å². The highest BCUT2D eigenvalue weighted by Gasteiger charge is 2.36. The Morgan fingerprint density at radius 2 is 1.27 bits per heavy atom. The second kappa shape index (κ2) is 8.93. The van der Waals surface area contributed by atoms with Gasteiger partial charge in [-0.25, -0.2) is 4.99 Å². The first-order valence-corrected chi connectivity index (χ1v) is 10.2. The van der Waals surface area contributed by atoms with E-state index in [0.29, 0.717) is 11.6 Å². The molecule has 4 rings (SSSR count). The number of rotatable bonds is 4. The van der Waals surface area contributed by atoms with E-state index < -0.39 is 5.54 Å². The number of allylic oxidation sites excluding steroid dienone is 2. The molecule has 1 heterocycles. The van der Waals surface area contributed by atoms with Gasteiger partial charge in [-0.05, 0) is 28.5 Å². The molecule has 2 N–H and O–H groups in total. The summed E-state index contributed by atoms with van der Waals surface area (Å²) in [5.74, 6) is 0. The van der Waals surface area contributed by atoms with Crippen molar-refractivity contribution in [1.29, 1.82) is 0 Å². The molecule has 3 aromatic carbocycles. The van der Waals surface area contributed by atoms with E-state index in [9.17, 15) is 0 Å². The molecule has 30 heavy (non-hydrogen) atoms. The van der Waals surface area contributed by atoms with Crippen molar-refractivity contribution in [3.05, 3.63) is 131 Å². The summed E-state index contributed by atoms with van der Waals surface area (Å²) < 4.78 is 0. The molecule has 0 amide bonds. The number of hydrogen-bond donors (Lipinski definition) is 1. The van der Waals surface area contributed by atoms with Crippen molar-refractivity contribution in [2.24, 2.45) is 15.7 Å². The molecule has 0 saturated heterocycles. The van der Waals surface area contributed by atoms with Gasteiger partial charge in [-0.3, -0.25) is 4.99 Å². The summed E-state index contributed by atoms with van der Waals surface area (Å²) in [5, 5.41) is 0.383. The number of aliphatic imine (C=N–C) groups is 2. The highest BCUT2D eigenvalue weighted by molar-refractivity contribution is 6.32. The summed E-state index contributed by atoms with van der Waals surface area (Å²) in [6, 6.07) is 30.9. The van der Waals surface area contributed by atoms with Gasteiger partial charge in [0.05, 0.1) is 5.71 Å². The highest BCUT2D eigenvalue weighted by atomic mass is 35.5. The van der Waals surface area contributed by atoms with Crippen LogP contribution in [0.25, 0.3) is 0 Å². The molecule has 0 unspecified atom stereocenters. The predicted octanol–water partition coefficient (Wildman–Crippen LogP) is 5.82. The molecule has 0 bridgehead atoms. The zero-order valence-electron chi connectivity index (χ0n) is 16.4. The predicted molar refractivity (Wildman–Crippen MR) is 126 cm³/mol. The van der Waals surface area contributed by atoms with Crippen molar-refractivity contribution in [3.63, 3.8) is 0 Å². The van der Waals surface area contributed by atoms with E-state index in [1.807, 2.05) is 54.6 Å². The second-order valence-electron chi connectivity index (χ2n) is 6.98. The maximum absolute atomic E-state index is 6.32.